The number of carbonyl (C=O) groups is 1. The lowest BCUT2D eigenvalue weighted by Gasteiger charge is -2.38. The summed E-state index contributed by atoms with van der Waals surface area (Å²) in [4.78, 5) is 20.4. The van der Waals surface area contributed by atoms with Crippen LogP contribution in [0.2, 0.25) is 33.2 Å². The molecule has 6 nitrogen and oxygen atoms in total. The van der Waals surface area contributed by atoms with Crippen molar-refractivity contribution in [3.63, 3.8) is 0 Å². The van der Waals surface area contributed by atoms with E-state index in [1.54, 1.807) is 24.3 Å². The molecule has 1 aliphatic heterocycles. The fourth-order valence-electron chi connectivity index (χ4n) is 4.27. The van der Waals surface area contributed by atoms with E-state index in [9.17, 15) is 4.79 Å². The van der Waals surface area contributed by atoms with Crippen LogP contribution in [0.1, 0.15) is 47.0 Å². The Hall–Kier alpha value is -1.77. The lowest BCUT2D eigenvalue weighted by Crippen LogP contribution is -2.47. The van der Waals surface area contributed by atoms with E-state index in [4.69, 9.17) is 48.9 Å². The van der Waals surface area contributed by atoms with Gasteiger partial charge in [-0.25, -0.2) is 9.78 Å². The first-order valence-corrected chi connectivity index (χ1v) is 16.7. The van der Waals surface area contributed by atoms with Gasteiger partial charge >= 0.3 is 5.97 Å². The SMILES string of the molecule is CCCC(O[Si](C)(C)C(C)(C)C)C(=O)Oc1ccc(Cl)c2nc3n(c12)CCCN3c1ccc(Cl)cc1Cl. The molecule has 0 spiro atoms. The third kappa shape index (κ3) is 5.66. The first-order chi connectivity index (χ1) is 17.3. The summed E-state index contributed by atoms with van der Waals surface area (Å²) in [6.45, 7) is 14.3. The van der Waals surface area contributed by atoms with Gasteiger partial charge in [-0.1, -0.05) is 68.9 Å². The van der Waals surface area contributed by atoms with Crippen molar-refractivity contribution in [3.05, 3.63) is 45.4 Å². The number of benzene rings is 2. The van der Waals surface area contributed by atoms with E-state index in [0.29, 0.717) is 50.8 Å². The molecule has 0 saturated carbocycles. The maximum atomic E-state index is 13.5. The van der Waals surface area contributed by atoms with Crippen molar-refractivity contribution in [2.24, 2.45) is 0 Å². The maximum Gasteiger partial charge on any atom is 0.339 e. The van der Waals surface area contributed by atoms with Crippen LogP contribution in [-0.4, -0.2) is 36.5 Å². The quantitative estimate of drug-likeness (QED) is 0.158. The topological polar surface area (TPSA) is 56.6 Å². The first-order valence-electron chi connectivity index (χ1n) is 12.6. The number of halogens is 3. The van der Waals surface area contributed by atoms with Gasteiger partial charge in [-0.05, 0) is 61.3 Å². The maximum absolute atomic E-state index is 13.5. The van der Waals surface area contributed by atoms with Crippen molar-refractivity contribution in [3.8, 4) is 5.75 Å². The molecule has 0 saturated heterocycles. The van der Waals surface area contributed by atoms with E-state index in [-0.39, 0.29) is 11.0 Å². The fraction of sp³-hybridized carbons (Fsp3) is 0.481. The second-order valence-electron chi connectivity index (χ2n) is 11.0. The van der Waals surface area contributed by atoms with Gasteiger partial charge in [-0.3, -0.25) is 0 Å². The van der Waals surface area contributed by atoms with Crippen molar-refractivity contribution in [2.45, 2.75) is 77.7 Å². The number of nitrogens with zero attached hydrogens (tertiary/aromatic N) is 3. The van der Waals surface area contributed by atoms with Crippen LogP contribution in [0.15, 0.2) is 30.3 Å². The molecule has 0 N–H and O–H groups in total. The third-order valence-electron chi connectivity index (χ3n) is 7.26. The molecule has 0 aliphatic carbocycles. The Kier molecular flexibility index (Phi) is 8.22. The number of esters is 1. The summed E-state index contributed by atoms with van der Waals surface area (Å²) in [5, 5.41) is 1.57. The fourth-order valence-corrected chi connectivity index (χ4v) is 6.26. The number of imidazole rings is 1. The minimum Gasteiger partial charge on any atom is -0.422 e. The van der Waals surface area contributed by atoms with E-state index in [2.05, 4.69) is 33.9 Å². The van der Waals surface area contributed by atoms with Crippen LogP contribution in [0.3, 0.4) is 0 Å². The molecule has 200 valence electrons. The average molecular weight is 583 g/mol. The molecule has 0 fully saturated rings. The number of hydrogen-bond donors (Lipinski definition) is 0. The second-order valence-corrected chi connectivity index (χ2v) is 17.0. The number of hydrogen-bond acceptors (Lipinski definition) is 5. The Morgan fingerprint density at radius 1 is 1.11 bits per heavy atom. The number of ether oxygens (including phenoxy) is 1. The first kappa shape index (κ1) is 28.2. The summed E-state index contributed by atoms with van der Waals surface area (Å²) in [5.74, 6) is 0.727. The van der Waals surface area contributed by atoms with E-state index < -0.39 is 14.4 Å². The molecule has 0 radical (unpaired) electrons. The van der Waals surface area contributed by atoms with E-state index in [1.165, 1.54) is 0 Å². The number of anilines is 2. The molecule has 4 rings (SSSR count). The zero-order valence-electron chi connectivity index (χ0n) is 22.2. The van der Waals surface area contributed by atoms with E-state index in [0.717, 1.165) is 25.1 Å². The van der Waals surface area contributed by atoms with Crippen molar-refractivity contribution in [1.29, 1.82) is 0 Å². The molecule has 0 amide bonds. The molecular weight excluding hydrogens is 549 g/mol. The molecule has 0 bridgehead atoms. The van der Waals surface area contributed by atoms with Crippen LogP contribution in [-0.2, 0) is 15.8 Å². The van der Waals surface area contributed by atoms with Gasteiger partial charge in [0.1, 0.15) is 17.1 Å². The van der Waals surface area contributed by atoms with Crippen molar-refractivity contribution in [2.75, 3.05) is 11.4 Å². The highest BCUT2D eigenvalue weighted by Crippen LogP contribution is 2.42. The lowest BCUT2D eigenvalue weighted by atomic mass is 10.2. The molecule has 37 heavy (non-hydrogen) atoms. The van der Waals surface area contributed by atoms with Gasteiger partial charge < -0.3 is 18.6 Å². The summed E-state index contributed by atoms with van der Waals surface area (Å²) >= 11 is 19.2. The van der Waals surface area contributed by atoms with Gasteiger partial charge in [-0.2, -0.15) is 0 Å². The second kappa shape index (κ2) is 10.8. The molecule has 10 heteroatoms. The molecule has 1 aliphatic rings. The van der Waals surface area contributed by atoms with Gasteiger partial charge in [0.25, 0.3) is 0 Å². The normalized spacial score (nSPS) is 15.1. The Labute approximate surface area is 234 Å². The van der Waals surface area contributed by atoms with Gasteiger partial charge in [0.2, 0.25) is 5.95 Å². The number of carbonyl (C=O) groups excluding carboxylic acids is 1. The minimum absolute atomic E-state index is 0.0241. The van der Waals surface area contributed by atoms with Crippen LogP contribution < -0.4 is 9.64 Å². The molecular formula is C27H34Cl3N3O3Si. The highest BCUT2D eigenvalue weighted by atomic mass is 35.5. The van der Waals surface area contributed by atoms with Crippen LogP contribution in [0, 0.1) is 0 Å². The van der Waals surface area contributed by atoms with Crippen LogP contribution in [0.5, 0.6) is 5.75 Å². The lowest BCUT2D eigenvalue weighted by molar-refractivity contribution is -0.143. The van der Waals surface area contributed by atoms with Gasteiger partial charge in [0.05, 0.1) is 15.7 Å². The van der Waals surface area contributed by atoms with E-state index in [1.807, 2.05) is 22.5 Å². The van der Waals surface area contributed by atoms with E-state index >= 15 is 0 Å². The largest absolute Gasteiger partial charge is 0.422 e. The van der Waals surface area contributed by atoms with Gasteiger partial charge in [-0.15, -0.1) is 0 Å². The molecule has 2 aromatic carbocycles. The van der Waals surface area contributed by atoms with Crippen molar-refractivity contribution < 1.29 is 14.0 Å². The summed E-state index contributed by atoms with van der Waals surface area (Å²) in [5.41, 5.74) is 2.08. The molecule has 1 unspecified atom stereocenters. The standard InChI is InChI=1S/C27H34Cl3N3O3Si/c1-7-9-22(36-37(5,6)27(2,3)4)25(34)35-21-13-11-18(29)23-24(21)33-15-8-14-32(26(33)31-23)20-12-10-17(28)16-19(20)30/h10-13,16,22H,7-9,14-15H2,1-6H3. The van der Waals surface area contributed by atoms with Crippen LogP contribution >= 0.6 is 34.8 Å². The Balaban J connectivity index is 1.73. The number of aromatic nitrogens is 2. The van der Waals surface area contributed by atoms with Crippen molar-refractivity contribution in [1.82, 2.24) is 9.55 Å². The molecule has 2 heterocycles. The highest BCUT2D eigenvalue weighted by Gasteiger charge is 2.41. The smallest absolute Gasteiger partial charge is 0.339 e. The summed E-state index contributed by atoms with van der Waals surface area (Å²) < 4.78 is 14.6. The Bertz CT molecular complexity index is 1320. The monoisotopic (exact) mass is 581 g/mol. The summed E-state index contributed by atoms with van der Waals surface area (Å²) in [7, 11) is -2.18. The zero-order valence-corrected chi connectivity index (χ0v) is 25.5. The summed E-state index contributed by atoms with van der Waals surface area (Å²) in [6, 6.07) is 8.86. The van der Waals surface area contributed by atoms with Gasteiger partial charge in [0, 0.05) is 18.1 Å². The Morgan fingerprint density at radius 3 is 2.49 bits per heavy atom. The predicted molar refractivity (Wildman–Crippen MR) is 155 cm³/mol. The van der Waals surface area contributed by atoms with Crippen LogP contribution in [0.4, 0.5) is 11.6 Å². The Morgan fingerprint density at radius 2 is 1.84 bits per heavy atom. The highest BCUT2D eigenvalue weighted by molar-refractivity contribution is 6.74. The molecule has 1 atom stereocenters. The molecule has 1 aromatic heterocycles. The molecule has 3 aromatic rings. The number of aryl methyl sites for hydroxylation is 1. The zero-order chi connectivity index (χ0) is 27.1. The minimum atomic E-state index is -2.18. The number of rotatable bonds is 7. The summed E-state index contributed by atoms with van der Waals surface area (Å²) in [6.07, 6.45) is 1.62. The third-order valence-corrected chi connectivity index (χ3v) is 12.6. The average Bonchev–Trinajstić information content (AvgIpc) is 3.21. The predicted octanol–water partition coefficient (Wildman–Crippen LogP) is 8.63. The van der Waals surface area contributed by atoms with Crippen molar-refractivity contribution >= 4 is 71.8 Å². The number of fused-ring (bicyclic) bond motifs is 3. The van der Waals surface area contributed by atoms with Gasteiger partial charge in [0.15, 0.2) is 14.1 Å². The van der Waals surface area contributed by atoms with Crippen LogP contribution in [0.25, 0.3) is 11.0 Å².